The molecule has 2 aliphatic rings. The highest BCUT2D eigenvalue weighted by atomic mass is 79.9. The van der Waals surface area contributed by atoms with Gasteiger partial charge in [0.05, 0.1) is 19.3 Å². The van der Waals surface area contributed by atoms with E-state index < -0.39 is 11.6 Å². The van der Waals surface area contributed by atoms with Gasteiger partial charge in [0.1, 0.15) is 23.1 Å². The minimum atomic E-state index is -0.785. The van der Waals surface area contributed by atoms with Crippen LogP contribution in [0.5, 0.6) is 11.5 Å². The van der Waals surface area contributed by atoms with Crippen molar-refractivity contribution in [2.24, 2.45) is 5.92 Å². The Labute approximate surface area is 232 Å². The van der Waals surface area contributed by atoms with Crippen molar-refractivity contribution in [3.63, 3.8) is 0 Å². The molecule has 5 rings (SSSR count). The summed E-state index contributed by atoms with van der Waals surface area (Å²) >= 11 is 3.57. The number of halogens is 1. The average Bonchev–Trinajstić information content (AvgIpc) is 3.02. The molecule has 1 saturated carbocycles. The molecule has 0 unspecified atom stereocenters. The summed E-state index contributed by atoms with van der Waals surface area (Å²) in [7, 11) is 1.65. The van der Waals surface area contributed by atoms with Crippen molar-refractivity contribution in [2.45, 2.75) is 70.6 Å². The van der Waals surface area contributed by atoms with Crippen LogP contribution in [-0.2, 0) is 16.1 Å². The summed E-state index contributed by atoms with van der Waals surface area (Å²) < 4.78 is 13.6. The Hall–Kier alpha value is -3.06. The number of nitrogens with one attached hydrogen (secondary N) is 1. The minimum absolute atomic E-state index is 0.113. The Balaban J connectivity index is 1.64. The number of nitrogens with zero attached hydrogens (tertiary/aromatic N) is 1. The van der Waals surface area contributed by atoms with Gasteiger partial charge in [-0.05, 0) is 73.2 Å². The van der Waals surface area contributed by atoms with E-state index in [1.807, 2.05) is 62.4 Å². The third-order valence-corrected chi connectivity index (χ3v) is 8.63. The number of amides is 2. The molecule has 38 heavy (non-hydrogen) atoms. The highest BCUT2D eigenvalue weighted by molar-refractivity contribution is 9.10. The third-order valence-electron chi connectivity index (χ3n) is 8.14. The fourth-order valence-electron chi connectivity index (χ4n) is 5.77. The van der Waals surface area contributed by atoms with E-state index >= 15 is 0 Å². The standard InChI is InChI=1S/C31H35BrN2O4/c1-4-20(2)29(35)33-28-30(36)34(19-24-23-14-13-22(32)18-21(23)12-15-26(24)37-3)25-10-6-7-11-27(25)38-31(28)16-8-5-9-17-31/h6-7,10-15,18,20,28H,4-5,8-9,16-17,19H2,1-3H3,(H,33,35)/t20-,28-/m1/s1. The Morgan fingerprint density at radius 1 is 1.16 bits per heavy atom. The topological polar surface area (TPSA) is 67.9 Å². The molecular formula is C31H35BrN2O4. The summed E-state index contributed by atoms with van der Waals surface area (Å²) in [6, 6.07) is 17.0. The highest BCUT2D eigenvalue weighted by Gasteiger charge is 2.51. The third kappa shape index (κ3) is 4.89. The predicted molar refractivity (Wildman–Crippen MR) is 154 cm³/mol. The molecule has 0 bridgehead atoms. The second kappa shape index (κ2) is 11.0. The Morgan fingerprint density at radius 2 is 1.92 bits per heavy atom. The van der Waals surface area contributed by atoms with E-state index in [4.69, 9.17) is 9.47 Å². The summed E-state index contributed by atoms with van der Waals surface area (Å²) in [6.45, 7) is 4.17. The molecule has 3 aromatic carbocycles. The average molecular weight is 580 g/mol. The number of anilines is 1. The van der Waals surface area contributed by atoms with Crippen molar-refractivity contribution < 1.29 is 19.1 Å². The van der Waals surface area contributed by atoms with Crippen LogP contribution in [0.1, 0.15) is 57.9 Å². The number of carbonyl (C=O) groups is 2. The molecular weight excluding hydrogens is 544 g/mol. The zero-order valence-corrected chi connectivity index (χ0v) is 23.8. The lowest BCUT2D eigenvalue weighted by atomic mass is 9.78. The molecule has 0 radical (unpaired) electrons. The van der Waals surface area contributed by atoms with Crippen LogP contribution in [0.15, 0.2) is 59.1 Å². The van der Waals surface area contributed by atoms with Crippen molar-refractivity contribution in [3.8, 4) is 11.5 Å². The number of hydrogen-bond donors (Lipinski definition) is 1. The Morgan fingerprint density at radius 3 is 2.66 bits per heavy atom. The maximum atomic E-state index is 14.6. The summed E-state index contributed by atoms with van der Waals surface area (Å²) in [6.07, 6.45) is 5.15. The number of rotatable bonds is 6. The van der Waals surface area contributed by atoms with E-state index in [1.54, 1.807) is 12.0 Å². The van der Waals surface area contributed by atoms with Crippen LogP contribution < -0.4 is 19.7 Å². The van der Waals surface area contributed by atoms with Gasteiger partial charge in [-0.25, -0.2) is 0 Å². The fraction of sp³-hybridized carbons (Fsp3) is 0.419. The first kappa shape index (κ1) is 26.5. The van der Waals surface area contributed by atoms with Gasteiger partial charge in [-0.15, -0.1) is 0 Å². The summed E-state index contributed by atoms with van der Waals surface area (Å²) in [5, 5.41) is 5.21. The van der Waals surface area contributed by atoms with E-state index in [0.29, 0.717) is 23.6 Å². The Bertz CT molecular complexity index is 1350. The van der Waals surface area contributed by atoms with Crippen LogP contribution in [0.2, 0.25) is 0 Å². The van der Waals surface area contributed by atoms with E-state index in [9.17, 15) is 9.59 Å². The molecule has 7 heteroatoms. The molecule has 2 amide bonds. The summed E-state index contributed by atoms with van der Waals surface area (Å²) in [5.41, 5.74) is 0.836. The molecule has 1 aliphatic carbocycles. The first-order valence-electron chi connectivity index (χ1n) is 13.5. The molecule has 1 fully saturated rings. The molecule has 0 saturated heterocycles. The van der Waals surface area contributed by atoms with Crippen molar-refractivity contribution >= 4 is 44.2 Å². The zero-order chi connectivity index (χ0) is 26.9. The largest absolute Gasteiger partial charge is 0.496 e. The monoisotopic (exact) mass is 578 g/mol. The molecule has 0 aromatic heterocycles. The number of benzene rings is 3. The van der Waals surface area contributed by atoms with Gasteiger partial charge in [0, 0.05) is 16.0 Å². The molecule has 200 valence electrons. The number of methoxy groups -OCH3 is 1. The number of ether oxygens (including phenoxy) is 2. The van der Waals surface area contributed by atoms with Crippen LogP contribution in [0.3, 0.4) is 0 Å². The first-order chi connectivity index (χ1) is 18.4. The number of carbonyl (C=O) groups excluding carboxylic acids is 2. The van der Waals surface area contributed by atoms with Gasteiger partial charge in [0.2, 0.25) is 5.91 Å². The lowest BCUT2D eigenvalue weighted by Gasteiger charge is -2.42. The van der Waals surface area contributed by atoms with Crippen molar-refractivity contribution in [1.82, 2.24) is 5.32 Å². The van der Waals surface area contributed by atoms with Crippen LogP contribution in [0.4, 0.5) is 5.69 Å². The smallest absolute Gasteiger partial charge is 0.254 e. The molecule has 1 spiro atoms. The fourth-order valence-corrected chi connectivity index (χ4v) is 6.15. The quantitative estimate of drug-likeness (QED) is 0.350. The van der Waals surface area contributed by atoms with Gasteiger partial charge >= 0.3 is 0 Å². The summed E-state index contributed by atoms with van der Waals surface area (Å²) in [5.74, 6) is 0.925. The molecule has 6 nitrogen and oxygen atoms in total. The zero-order valence-electron chi connectivity index (χ0n) is 22.3. The van der Waals surface area contributed by atoms with E-state index in [-0.39, 0.29) is 24.3 Å². The van der Waals surface area contributed by atoms with E-state index in [0.717, 1.165) is 52.9 Å². The normalized spacial score (nSPS) is 19.4. The van der Waals surface area contributed by atoms with Gasteiger partial charge in [-0.3, -0.25) is 9.59 Å². The van der Waals surface area contributed by atoms with Crippen molar-refractivity contribution in [2.75, 3.05) is 12.0 Å². The van der Waals surface area contributed by atoms with E-state index in [1.165, 1.54) is 0 Å². The minimum Gasteiger partial charge on any atom is -0.496 e. The van der Waals surface area contributed by atoms with Gasteiger partial charge in [0.25, 0.3) is 5.91 Å². The van der Waals surface area contributed by atoms with Gasteiger partial charge in [-0.2, -0.15) is 0 Å². The van der Waals surface area contributed by atoms with Gasteiger partial charge in [0.15, 0.2) is 0 Å². The molecule has 2 atom stereocenters. The second-order valence-electron chi connectivity index (χ2n) is 10.5. The van der Waals surface area contributed by atoms with E-state index in [2.05, 4.69) is 27.3 Å². The van der Waals surface area contributed by atoms with Crippen LogP contribution in [0, 0.1) is 5.92 Å². The van der Waals surface area contributed by atoms with Crippen LogP contribution in [0.25, 0.3) is 10.8 Å². The van der Waals surface area contributed by atoms with Crippen molar-refractivity contribution in [3.05, 3.63) is 64.6 Å². The molecule has 1 heterocycles. The second-order valence-corrected chi connectivity index (χ2v) is 11.4. The SMILES string of the molecule is CC[C@@H](C)C(=O)N[C@@H]1C(=O)N(Cc2c(OC)ccc3cc(Br)ccc23)c2ccccc2OC12CCCCC2. The first-order valence-corrected chi connectivity index (χ1v) is 14.3. The molecule has 1 N–H and O–H groups in total. The predicted octanol–water partition coefficient (Wildman–Crippen LogP) is 6.77. The number of para-hydroxylation sites is 2. The maximum Gasteiger partial charge on any atom is 0.254 e. The number of fused-ring (bicyclic) bond motifs is 2. The van der Waals surface area contributed by atoms with Gasteiger partial charge in [-0.1, -0.05) is 60.5 Å². The van der Waals surface area contributed by atoms with Crippen molar-refractivity contribution in [1.29, 1.82) is 0 Å². The summed E-state index contributed by atoms with van der Waals surface area (Å²) in [4.78, 5) is 29.6. The van der Waals surface area contributed by atoms with Crippen LogP contribution >= 0.6 is 15.9 Å². The lowest BCUT2D eigenvalue weighted by Crippen LogP contribution is -2.63. The number of hydrogen-bond acceptors (Lipinski definition) is 4. The molecule has 1 aliphatic heterocycles. The van der Waals surface area contributed by atoms with Gasteiger partial charge < -0.3 is 19.7 Å². The molecule has 3 aromatic rings. The van der Waals surface area contributed by atoms with Crippen LogP contribution in [-0.4, -0.2) is 30.6 Å². The Kier molecular flexibility index (Phi) is 7.66. The lowest BCUT2D eigenvalue weighted by molar-refractivity contribution is -0.135. The maximum absolute atomic E-state index is 14.6. The highest BCUT2D eigenvalue weighted by Crippen LogP contribution is 2.44.